The summed E-state index contributed by atoms with van der Waals surface area (Å²) in [6.07, 6.45) is 2.08. The number of para-hydroxylation sites is 2. The first-order valence-corrected chi connectivity index (χ1v) is 10.4. The summed E-state index contributed by atoms with van der Waals surface area (Å²) in [4.78, 5) is 12.4. The maximum Gasteiger partial charge on any atom is 0.262 e. The summed E-state index contributed by atoms with van der Waals surface area (Å²) in [7, 11) is -2.38. The second-order valence-corrected chi connectivity index (χ2v) is 8.12. The summed E-state index contributed by atoms with van der Waals surface area (Å²) in [5, 5.41) is 2.86. The molecule has 0 aromatic heterocycles. The van der Waals surface area contributed by atoms with Crippen LogP contribution in [0.5, 0.6) is 5.75 Å². The highest BCUT2D eigenvalue weighted by Crippen LogP contribution is 2.26. The Morgan fingerprint density at radius 1 is 1.15 bits per heavy atom. The van der Waals surface area contributed by atoms with E-state index in [4.69, 9.17) is 4.74 Å². The predicted molar refractivity (Wildman–Crippen MR) is 107 cm³/mol. The SMILES string of the molecule is CCCC(C)CNC(=O)c1cccc(S(=O)(=O)Nc2ccccc2OC)c1. The van der Waals surface area contributed by atoms with E-state index in [1.165, 1.54) is 19.2 Å². The van der Waals surface area contributed by atoms with Crippen molar-refractivity contribution in [3.05, 3.63) is 54.1 Å². The molecule has 0 radical (unpaired) electrons. The fraction of sp³-hybridized carbons (Fsp3) is 0.350. The molecule has 2 aromatic carbocycles. The lowest BCUT2D eigenvalue weighted by Crippen LogP contribution is -2.28. The Bertz CT molecular complexity index is 881. The second-order valence-electron chi connectivity index (χ2n) is 6.44. The van der Waals surface area contributed by atoms with E-state index in [1.807, 2.05) is 0 Å². The summed E-state index contributed by atoms with van der Waals surface area (Å²) < 4.78 is 33.1. The molecular formula is C20H26N2O4S. The first-order valence-electron chi connectivity index (χ1n) is 8.91. The topological polar surface area (TPSA) is 84.5 Å². The Morgan fingerprint density at radius 3 is 2.59 bits per heavy atom. The number of nitrogens with one attached hydrogen (secondary N) is 2. The fourth-order valence-electron chi connectivity index (χ4n) is 2.70. The highest BCUT2D eigenvalue weighted by molar-refractivity contribution is 7.92. The summed E-state index contributed by atoms with van der Waals surface area (Å²) in [6, 6.07) is 12.7. The molecule has 1 atom stereocenters. The average Bonchev–Trinajstić information content (AvgIpc) is 2.66. The van der Waals surface area contributed by atoms with Gasteiger partial charge < -0.3 is 10.1 Å². The highest BCUT2D eigenvalue weighted by atomic mass is 32.2. The van der Waals surface area contributed by atoms with Gasteiger partial charge in [-0.3, -0.25) is 9.52 Å². The van der Waals surface area contributed by atoms with Crippen LogP contribution >= 0.6 is 0 Å². The molecule has 2 N–H and O–H groups in total. The van der Waals surface area contributed by atoms with Crippen molar-refractivity contribution in [1.29, 1.82) is 0 Å². The van der Waals surface area contributed by atoms with Gasteiger partial charge in [-0.15, -0.1) is 0 Å². The number of carbonyl (C=O) groups is 1. The molecule has 146 valence electrons. The van der Waals surface area contributed by atoms with Crippen molar-refractivity contribution in [2.75, 3.05) is 18.4 Å². The van der Waals surface area contributed by atoms with Crippen LogP contribution < -0.4 is 14.8 Å². The van der Waals surface area contributed by atoms with Gasteiger partial charge in [-0.25, -0.2) is 8.42 Å². The Morgan fingerprint density at radius 2 is 1.89 bits per heavy atom. The lowest BCUT2D eigenvalue weighted by molar-refractivity contribution is 0.0947. The van der Waals surface area contributed by atoms with Crippen LogP contribution in [0.1, 0.15) is 37.0 Å². The minimum absolute atomic E-state index is 0.0164. The Hall–Kier alpha value is -2.54. The molecule has 1 amide bonds. The van der Waals surface area contributed by atoms with E-state index in [-0.39, 0.29) is 10.8 Å². The quantitative estimate of drug-likeness (QED) is 0.684. The van der Waals surface area contributed by atoms with Gasteiger partial charge in [-0.1, -0.05) is 38.5 Å². The molecule has 0 saturated heterocycles. The number of hydrogen-bond donors (Lipinski definition) is 2. The van der Waals surface area contributed by atoms with Crippen LogP contribution in [-0.2, 0) is 10.0 Å². The van der Waals surface area contributed by atoms with Crippen LogP contribution in [-0.4, -0.2) is 28.0 Å². The Labute approximate surface area is 161 Å². The maximum atomic E-state index is 12.7. The molecule has 7 heteroatoms. The summed E-state index contributed by atoms with van der Waals surface area (Å²) in [6.45, 7) is 4.73. The third-order valence-corrected chi connectivity index (χ3v) is 5.51. The summed E-state index contributed by atoms with van der Waals surface area (Å²) in [5.41, 5.74) is 0.643. The zero-order valence-corrected chi connectivity index (χ0v) is 16.7. The van der Waals surface area contributed by atoms with E-state index in [0.717, 1.165) is 12.8 Å². The largest absolute Gasteiger partial charge is 0.495 e. The van der Waals surface area contributed by atoms with Crippen molar-refractivity contribution in [3.63, 3.8) is 0 Å². The molecule has 0 spiro atoms. The van der Waals surface area contributed by atoms with E-state index in [9.17, 15) is 13.2 Å². The molecule has 2 rings (SSSR count). The van der Waals surface area contributed by atoms with Crippen LogP contribution in [0.2, 0.25) is 0 Å². The van der Waals surface area contributed by atoms with Crippen molar-refractivity contribution in [2.45, 2.75) is 31.6 Å². The monoisotopic (exact) mass is 390 g/mol. The smallest absolute Gasteiger partial charge is 0.262 e. The predicted octanol–water partition coefficient (Wildman–Crippen LogP) is 3.66. The van der Waals surface area contributed by atoms with Gasteiger partial charge >= 0.3 is 0 Å². The minimum atomic E-state index is -3.85. The molecular weight excluding hydrogens is 364 g/mol. The number of sulfonamides is 1. The zero-order valence-electron chi connectivity index (χ0n) is 15.9. The van der Waals surface area contributed by atoms with Gasteiger partial charge in [-0.2, -0.15) is 0 Å². The number of rotatable bonds is 9. The molecule has 6 nitrogen and oxygen atoms in total. The number of benzene rings is 2. The second kappa shape index (κ2) is 9.41. The first-order chi connectivity index (χ1) is 12.9. The maximum absolute atomic E-state index is 12.7. The molecule has 0 aliphatic rings. The van der Waals surface area contributed by atoms with Crippen LogP contribution in [0.25, 0.3) is 0 Å². The van der Waals surface area contributed by atoms with Crippen molar-refractivity contribution in [2.24, 2.45) is 5.92 Å². The van der Waals surface area contributed by atoms with Gasteiger partial charge in [0.05, 0.1) is 17.7 Å². The van der Waals surface area contributed by atoms with Crippen molar-refractivity contribution >= 4 is 21.6 Å². The Balaban J connectivity index is 2.16. The minimum Gasteiger partial charge on any atom is -0.495 e. The zero-order chi connectivity index (χ0) is 19.9. The molecule has 0 fully saturated rings. The normalized spacial score (nSPS) is 12.3. The van der Waals surface area contributed by atoms with Gasteiger partial charge in [0.1, 0.15) is 5.75 Å². The average molecular weight is 391 g/mol. The molecule has 27 heavy (non-hydrogen) atoms. The molecule has 0 saturated carbocycles. The van der Waals surface area contributed by atoms with Crippen LogP contribution in [0.4, 0.5) is 5.69 Å². The van der Waals surface area contributed by atoms with Gasteiger partial charge in [-0.05, 0) is 42.7 Å². The number of anilines is 1. The van der Waals surface area contributed by atoms with Gasteiger partial charge in [0.2, 0.25) is 0 Å². The van der Waals surface area contributed by atoms with Crippen LogP contribution in [0.15, 0.2) is 53.4 Å². The van der Waals surface area contributed by atoms with Gasteiger partial charge in [0.25, 0.3) is 15.9 Å². The van der Waals surface area contributed by atoms with E-state index < -0.39 is 10.0 Å². The van der Waals surface area contributed by atoms with Crippen molar-refractivity contribution < 1.29 is 17.9 Å². The number of amides is 1. The molecule has 0 bridgehead atoms. The van der Waals surface area contributed by atoms with E-state index >= 15 is 0 Å². The van der Waals surface area contributed by atoms with Crippen LogP contribution in [0, 0.1) is 5.92 Å². The third-order valence-electron chi connectivity index (χ3n) is 4.15. The Kier molecular flexibility index (Phi) is 7.24. The summed E-state index contributed by atoms with van der Waals surface area (Å²) in [5.74, 6) is 0.505. The highest BCUT2D eigenvalue weighted by Gasteiger charge is 2.18. The molecule has 0 aliphatic carbocycles. The summed E-state index contributed by atoms with van der Waals surface area (Å²) >= 11 is 0. The third kappa shape index (κ3) is 5.72. The number of hydrogen-bond acceptors (Lipinski definition) is 4. The fourth-order valence-corrected chi connectivity index (χ4v) is 3.82. The molecule has 0 aliphatic heterocycles. The lowest BCUT2D eigenvalue weighted by Gasteiger charge is -2.13. The van der Waals surface area contributed by atoms with Crippen LogP contribution in [0.3, 0.4) is 0 Å². The number of methoxy groups -OCH3 is 1. The van der Waals surface area contributed by atoms with E-state index in [0.29, 0.717) is 29.5 Å². The van der Waals surface area contributed by atoms with E-state index in [1.54, 1.807) is 36.4 Å². The number of ether oxygens (including phenoxy) is 1. The van der Waals surface area contributed by atoms with E-state index in [2.05, 4.69) is 23.9 Å². The molecule has 1 unspecified atom stereocenters. The molecule has 0 heterocycles. The molecule has 2 aromatic rings. The van der Waals surface area contributed by atoms with Crippen molar-refractivity contribution in [3.8, 4) is 5.75 Å². The van der Waals surface area contributed by atoms with Crippen molar-refractivity contribution in [1.82, 2.24) is 5.32 Å². The standard InChI is InChI=1S/C20H26N2O4S/c1-4-8-15(2)14-21-20(23)16-9-7-10-17(13-16)27(24,25)22-18-11-5-6-12-19(18)26-3/h5-7,9-13,15,22H,4,8,14H2,1-3H3,(H,21,23). The van der Waals surface area contributed by atoms with Gasteiger partial charge in [0, 0.05) is 12.1 Å². The van der Waals surface area contributed by atoms with Gasteiger partial charge in [0.15, 0.2) is 0 Å². The lowest BCUT2D eigenvalue weighted by atomic mass is 10.1. The number of carbonyl (C=O) groups excluding carboxylic acids is 1. The first kappa shape index (κ1) is 20.8.